The lowest BCUT2D eigenvalue weighted by Crippen LogP contribution is -2.06. The van der Waals surface area contributed by atoms with Crippen LogP contribution in [0.5, 0.6) is 0 Å². The van der Waals surface area contributed by atoms with E-state index in [1.165, 1.54) is 6.20 Å². The fourth-order valence-corrected chi connectivity index (χ4v) is 3.72. The van der Waals surface area contributed by atoms with Crippen molar-refractivity contribution in [2.75, 3.05) is 5.32 Å². The van der Waals surface area contributed by atoms with Crippen LogP contribution in [0.15, 0.2) is 53.1 Å². The summed E-state index contributed by atoms with van der Waals surface area (Å²) in [6.07, 6.45) is 1.31. The molecule has 2 aromatic heterocycles. The van der Waals surface area contributed by atoms with Crippen molar-refractivity contribution >= 4 is 39.1 Å². The molecule has 6 heteroatoms. The van der Waals surface area contributed by atoms with Crippen molar-refractivity contribution in [3.05, 3.63) is 69.9 Å². The highest BCUT2D eigenvalue weighted by molar-refractivity contribution is 6.08. The van der Waals surface area contributed by atoms with Gasteiger partial charge in [0, 0.05) is 11.1 Å². The Morgan fingerprint density at radius 1 is 0.966 bits per heavy atom. The molecule has 0 radical (unpaired) electrons. The number of anilines is 2. The van der Waals surface area contributed by atoms with Gasteiger partial charge in [0.05, 0.1) is 4.92 Å². The van der Waals surface area contributed by atoms with Gasteiger partial charge in [-0.1, -0.05) is 58.0 Å². The van der Waals surface area contributed by atoms with Gasteiger partial charge in [0.2, 0.25) is 0 Å². The van der Waals surface area contributed by atoms with E-state index in [2.05, 4.69) is 50.1 Å². The van der Waals surface area contributed by atoms with Crippen molar-refractivity contribution < 1.29 is 9.34 Å². The summed E-state index contributed by atoms with van der Waals surface area (Å²) < 4.78 is 6.02. The molecule has 4 rings (SSSR count). The minimum atomic E-state index is -0.422. The molecule has 0 fully saturated rings. The summed E-state index contributed by atoms with van der Waals surface area (Å²) in [5.74, 6) is 0.506. The van der Waals surface area contributed by atoms with Gasteiger partial charge in [-0.25, -0.2) is 4.98 Å². The Kier molecular flexibility index (Phi) is 4.70. The summed E-state index contributed by atoms with van der Waals surface area (Å²) in [7, 11) is 0. The molecule has 0 saturated carbocycles. The van der Waals surface area contributed by atoms with Crippen LogP contribution in [0.4, 0.5) is 17.1 Å². The Morgan fingerprint density at radius 3 is 2.24 bits per heavy atom. The van der Waals surface area contributed by atoms with Gasteiger partial charge in [0.1, 0.15) is 17.3 Å². The smallest absolute Gasteiger partial charge is 0.314 e. The minimum Gasteiger partial charge on any atom is -0.452 e. The molecule has 6 nitrogen and oxygen atoms in total. The molecule has 0 unspecified atom stereocenters. The average Bonchev–Trinajstić information content (AvgIpc) is 3.07. The number of fused-ring (bicyclic) bond motifs is 3. The highest BCUT2D eigenvalue weighted by Gasteiger charge is 2.25. The Balaban J connectivity index is 2.02. The quantitative estimate of drug-likeness (QED) is 0.297. The third kappa shape index (κ3) is 3.20. The molecule has 2 heterocycles. The van der Waals surface area contributed by atoms with Crippen LogP contribution < -0.4 is 5.32 Å². The number of nitrogens with zero attached hydrogens (tertiary/aromatic N) is 2. The number of furan rings is 1. The van der Waals surface area contributed by atoms with Crippen LogP contribution in [0.2, 0.25) is 0 Å². The van der Waals surface area contributed by atoms with Crippen molar-refractivity contribution in [1.82, 2.24) is 4.98 Å². The zero-order valence-corrected chi connectivity index (χ0v) is 16.9. The van der Waals surface area contributed by atoms with E-state index < -0.39 is 4.92 Å². The van der Waals surface area contributed by atoms with Crippen molar-refractivity contribution in [1.29, 1.82) is 0 Å². The molecule has 0 aliphatic carbocycles. The highest BCUT2D eigenvalue weighted by Crippen LogP contribution is 2.42. The van der Waals surface area contributed by atoms with Gasteiger partial charge in [0.15, 0.2) is 11.3 Å². The van der Waals surface area contributed by atoms with Gasteiger partial charge in [-0.3, -0.25) is 10.1 Å². The van der Waals surface area contributed by atoms with Crippen LogP contribution in [0.25, 0.3) is 22.1 Å². The Hall–Kier alpha value is -3.41. The van der Waals surface area contributed by atoms with Crippen LogP contribution in [0.1, 0.15) is 50.7 Å². The van der Waals surface area contributed by atoms with Gasteiger partial charge >= 0.3 is 5.69 Å². The third-order valence-electron chi connectivity index (χ3n) is 5.19. The van der Waals surface area contributed by atoms with Crippen molar-refractivity contribution in [3.8, 4) is 0 Å². The van der Waals surface area contributed by atoms with Gasteiger partial charge in [-0.15, -0.1) is 0 Å². The fourth-order valence-electron chi connectivity index (χ4n) is 3.72. The van der Waals surface area contributed by atoms with Crippen molar-refractivity contribution in [3.63, 3.8) is 0 Å². The topological polar surface area (TPSA) is 81.2 Å². The van der Waals surface area contributed by atoms with E-state index >= 15 is 0 Å². The second-order valence-electron chi connectivity index (χ2n) is 7.80. The van der Waals surface area contributed by atoms with Gasteiger partial charge in [-0.05, 0) is 35.1 Å². The second kappa shape index (κ2) is 7.20. The first-order valence-electron chi connectivity index (χ1n) is 9.73. The monoisotopic (exact) mass is 389 g/mol. The Morgan fingerprint density at radius 2 is 1.62 bits per heavy atom. The fraction of sp³-hybridized carbons (Fsp3) is 0.261. The highest BCUT2D eigenvalue weighted by atomic mass is 16.6. The zero-order valence-electron chi connectivity index (χ0n) is 16.9. The molecule has 0 saturated heterocycles. The van der Waals surface area contributed by atoms with Crippen LogP contribution >= 0.6 is 0 Å². The lowest BCUT2D eigenvalue weighted by Gasteiger charge is -2.20. The number of pyridine rings is 1. The number of benzene rings is 2. The largest absolute Gasteiger partial charge is 0.452 e. The van der Waals surface area contributed by atoms with E-state index in [1.807, 2.05) is 30.3 Å². The van der Waals surface area contributed by atoms with E-state index in [9.17, 15) is 10.1 Å². The predicted molar refractivity (Wildman–Crippen MR) is 116 cm³/mol. The first kappa shape index (κ1) is 18.9. The average molecular weight is 389 g/mol. The maximum atomic E-state index is 11.8. The number of nitro groups is 1. The SMILES string of the molecule is CC(C)c1cccc(C(C)C)c1Nc1c([N+](=O)[O-])cnc2c1oc1ccccc12. The summed E-state index contributed by atoms with van der Waals surface area (Å²) in [6, 6.07) is 13.7. The molecule has 0 spiro atoms. The van der Waals surface area contributed by atoms with E-state index in [1.54, 1.807) is 0 Å². The van der Waals surface area contributed by atoms with Crippen LogP contribution in [-0.4, -0.2) is 9.91 Å². The third-order valence-corrected chi connectivity index (χ3v) is 5.19. The first-order valence-corrected chi connectivity index (χ1v) is 9.73. The second-order valence-corrected chi connectivity index (χ2v) is 7.80. The Labute approximate surface area is 168 Å². The molecular formula is C23H23N3O3. The molecule has 4 aromatic rings. The molecular weight excluding hydrogens is 366 g/mol. The molecule has 148 valence electrons. The summed E-state index contributed by atoms with van der Waals surface area (Å²) in [6.45, 7) is 8.45. The summed E-state index contributed by atoms with van der Waals surface area (Å²) >= 11 is 0. The maximum absolute atomic E-state index is 11.8. The zero-order chi connectivity index (χ0) is 20.7. The van der Waals surface area contributed by atoms with Crippen molar-refractivity contribution in [2.24, 2.45) is 0 Å². The molecule has 0 atom stereocenters. The molecule has 0 aliphatic rings. The standard InChI is InChI=1S/C23H23N3O3/c1-13(2)15-9-7-10-16(14(3)4)20(15)25-22-18(26(27)28)12-24-21-17-8-5-6-11-19(17)29-23(21)22/h5-14H,1-4H3,(H,24,25). The predicted octanol–water partition coefficient (Wildman–Crippen LogP) is 6.88. The van der Waals surface area contributed by atoms with Crippen LogP contribution in [-0.2, 0) is 0 Å². The molecule has 0 amide bonds. The lowest BCUT2D eigenvalue weighted by atomic mass is 9.92. The molecule has 2 aromatic carbocycles. The maximum Gasteiger partial charge on any atom is 0.314 e. The van der Waals surface area contributed by atoms with E-state index in [-0.39, 0.29) is 17.5 Å². The lowest BCUT2D eigenvalue weighted by molar-refractivity contribution is -0.384. The van der Waals surface area contributed by atoms with Gasteiger partial charge in [0.25, 0.3) is 0 Å². The number of rotatable bonds is 5. The normalized spacial score (nSPS) is 11.7. The van der Waals surface area contributed by atoms with Crippen molar-refractivity contribution in [2.45, 2.75) is 39.5 Å². The summed E-state index contributed by atoms with van der Waals surface area (Å²) in [5.41, 5.74) is 5.00. The number of aromatic nitrogens is 1. The molecule has 29 heavy (non-hydrogen) atoms. The van der Waals surface area contributed by atoms with Gasteiger partial charge < -0.3 is 9.73 Å². The van der Waals surface area contributed by atoms with E-state index in [0.717, 1.165) is 22.2 Å². The number of hydrogen-bond acceptors (Lipinski definition) is 5. The summed E-state index contributed by atoms with van der Waals surface area (Å²) in [5, 5.41) is 16.0. The Bertz CT molecular complexity index is 1200. The molecule has 0 aliphatic heterocycles. The van der Waals surface area contributed by atoms with Crippen LogP contribution in [0, 0.1) is 10.1 Å². The molecule has 0 bridgehead atoms. The van der Waals surface area contributed by atoms with E-state index in [0.29, 0.717) is 22.4 Å². The first-order chi connectivity index (χ1) is 13.9. The van der Waals surface area contributed by atoms with Gasteiger partial charge in [-0.2, -0.15) is 0 Å². The van der Waals surface area contributed by atoms with E-state index in [4.69, 9.17) is 4.42 Å². The molecule has 1 N–H and O–H groups in total. The number of para-hydroxylation sites is 2. The van der Waals surface area contributed by atoms with Crippen LogP contribution in [0.3, 0.4) is 0 Å². The summed E-state index contributed by atoms with van der Waals surface area (Å²) in [4.78, 5) is 15.7. The minimum absolute atomic E-state index is 0.107. The number of nitrogens with one attached hydrogen (secondary N) is 1. The number of hydrogen-bond donors (Lipinski definition) is 1.